The number of nitrogens with zero attached hydrogens (tertiary/aromatic N) is 3. The molecule has 0 saturated heterocycles. The molecule has 0 atom stereocenters. The van der Waals surface area contributed by atoms with Gasteiger partial charge in [0.2, 0.25) is 5.89 Å². The predicted molar refractivity (Wildman–Crippen MR) is 55.3 cm³/mol. The van der Waals surface area contributed by atoms with E-state index in [9.17, 15) is 13.2 Å². The van der Waals surface area contributed by atoms with E-state index < -0.39 is 11.7 Å². The first kappa shape index (κ1) is 12.5. The minimum atomic E-state index is -4.41. The third kappa shape index (κ3) is 2.65. The zero-order valence-electron chi connectivity index (χ0n) is 9.32. The highest BCUT2D eigenvalue weighted by molar-refractivity contribution is 5.46. The Bertz CT molecular complexity index is 521. The maximum Gasteiger partial charge on any atom is 0.417 e. The van der Waals surface area contributed by atoms with Crippen molar-refractivity contribution in [2.75, 3.05) is 7.05 Å². The van der Waals surface area contributed by atoms with Crippen LogP contribution in [0.15, 0.2) is 22.7 Å². The van der Waals surface area contributed by atoms with Crippen LogP contribution >= 0.6 is 0 Å². The van der Waals surface area contributed by atoms with Crippen LogP contribution < -0.4 is 5.32 Å². The highest BCUT2D eigenvalue weighted by Gasteiger charge is 2.30. The van der Waals surface area contributed by atoms with Gasteiger partial charge in [-0.15, -0.1) is 10.2 Å². The molecule has 2 aromatic rings. The molecular weight excluding hydrogens is 249 g/mol. The average molecular weight is 258 g/mol. The monoisotopic (exact) mass is 258 g/mol. The first-order valence-corrected chi connectivity index (χ1v) is 5.01. The lowest BCUT2D eigenvalue weighted by Gasteiger charge is -2.05. The summed E-state index contributed by atoms with van der Waals surface area (Å²) in [6.45, 7) is 0.383. The van der Waals surface area contributed by atoms with E-state index >= 15 is 0 Å². The molecule has 0 spiro atoms. The summed E-state index contributed by atoms with van der Waals surface area (Å²) in [6.07, 6.45) is -3.67. The van der Waals surface area contributed by atoms with Crippen molar-refractivity contribution in [2.45, 2.75) is 12.7 Å². The van der Waals surface area contributed by atoms with E-state index in [0.29, 0.717) is 12.4 Å². The second-order valence-corrected chi connectivity index (χ2v) is 3.46. The lowest BCUT2D eigenvalue weighted by atomic mass is 10.2. The molecule has 18 heavy (non-hydrogen) atoms. The summed E-state index contributed by atoms with van der Waals surface area (Å²) in [5.74, 6) is 0.433. The van der Waals surface area contributed by atoms with Crippen LogP contribution in [-0.2, 0) is 12.7 Å². The Hall–Kier alpha value is -1.96. The van der Waals surface area contributed by atoms with E-state index in [-0.39, 0.29) is 11.6 Å². The Kier molecular flexibility index (Phi) is 3.28. The van der Waals surface area contributed by atoms with Gasteiger partial charge in [0, 0.05) is 6.20 Å². The van der Waals surface area contributed by atoms with E-state index in [0.717, 1.165) is 12.3 Å². The molecule has 0 aliphatic carbocycles. The predicted octanol–water partition coefficient (Wildman–Crippen LogP) is 1.87. The van der Waals surface area contributed by atoms with Crippen molar-refractivity contribution in [3.05, 3.63) is 29.8 Å². The van der Waals surface area contributed by atoms with Gasteiger partial charge in [-0.3, -0.25) is 4.98 Å². The molecule has 0 radical (unpaired) electrons. The molecule has 96 valence electrons. The van der Waals surface area contributed by atoms with Crippen molar-refractivity contribution in [2.24, 2.45) is 0 Å². The quantitative estimate of drug-likeness (QED) is 0.910. The van der Waals surface area contributed by atoms with Gasteiger partial charge in [0.25, 0.3) is 5.89 Å². The van der Waals surface area contributed by atoms with E-state index in [1.165, 1.54) is 6.07 Å². The van der Waals surface area contributed by atoms with Crippen LogP contribution in [-0.4, -0.2) is 22.2 Å². The molecule has 1 N–H and O–H groups in total. The number of hydrogen-bond acceptors (Lipinski definition) is 5. The lowest BCUT2D eigenvalue weighted by molar-refractivity contribution is -0.137. The summed E-state index contributed by atoms with van der Waals surface area (Å²) in [7, 11) is 1.71. The fourth-order valence-corrected chi connectivity index (χ4v) is 1.27. The molecule has 0 bridgehead atoms. The van der Waals surface area contributed by atoms with Gasteiger partial charge < -0.3 is 9.73 Å². The number of nitrogens with one attached hydrogen (secondary N) is 1. The van der Waals surface area contributed by atoms with Gasteiger partial charge in [-0.25, -0.2) is 0 Å². The number of hydrogen-bond donors (Lipinski definition) is 1. The minimum absolute atomic E-state index is 0.0916. The van der Waals surface area contributed by atoms with Gasteiger partial charge >= 0.3 is 6.18 Å². The fourth-order valence-electron chi connectivity index (χ4n) is 1.27. The summed E-state index contributed by atoms with van der Waals surface area (Å²) in [4.78, 5) is 3.65. The summed E-state index contributed by atoms with van der Waals surface area (Å²) in [6, 6.07) is 2.11. The van der Waals surface area contributed by atoms with Crippen molar-refractivity contribution in [3.63, 3.8) is 0 Å². The van der Waals surface area contributed by atoms with Crippen LogP contribution in [0.3, 0.4) is 0 Å². The molecule has 0 aliphatic rings. The first-order valence-electron chi connectivity index (χ1n) is 5.01. The molecule has 0 fully saturated rings. The molecule has 2 heterocycles. The van der Waals surface area contributed by atoms with Crippen molar-refractivity contribution >= 4 is 0 Å². The van der Waals surface area contributed by atoms with Gasteiger partial charge in [0.1, 0.15) is 5.69 Å². The average Bonchev–Trinajstić information content (AvgIpc) is 2.77. The van der Waals surface area contributed by atoms with Crippen molar-refractivity contribution < 1.29 is 17.6 Å². The van der Waals surface area contributed by atoms with Crippen LogP contribution in [0.5, 0.6) is 0 Å². The standard InChI is InChI=1S/C10H9F3N4O/c1-14-5-8-16-17-9(18-8)7-3-2-6(4-15-7)10(11,12)13/h2-4,14H,5H2,1H3. The third-order valence-electron chi connectivity index (χ3n) is 2.10. The van der Waals surface area contributed by atoms with Crippen molar-refractivity contribution in [1.82, 2.24) is 20.5 Å². The fraction of sp³-hybridized carbons (Fsp3) is 0.300. The number of pyridine rings is 1. The maximum atomic E-state index is 12.3. The van der Waals surface area contributed by atoms with Crippen LogP contribution in [0.25, 0.3) is 11.6 Å². The Morgan fingerprint density at radius 2 is 2.06 bits per heavy atom. The van der Waals surface area contributed by atoms with E-state index in [1.54, 1.807) is 7.05 Å². The summed E-state index contributed by atoms with van der Waals surface area (Å²) in [5, 5.41) is 10.2. The highest BCUT2D eigenvalue weighted by Crippen LogP contribution is 2.29. The molecular formula is C10H9F3N4O. The summed E-state index contributed by atoms with van der Waals surface area (Å²) >= 11 is 0. The van der Waals surface area contributed by atoms with Gasteiger partial charge in [-0.05, 0) is 19.2 Å². The smallest absolute Gasteiger partial charge is 0.417 e. The van der Waals surface area contributed by atoms with E-state index in [4.69, 9.17) is 4.42 Å². The normalized spacial score (nSPS) is 11.8. The SMILES string of the molecule is CNCc1nnc(-c2ccc(C(F)(F)F)cn2)o1. The Balaban J connectivity index is 2.23. The van der Waals surface area contributed by atoms with Crippen LogP contribution in [0.1, 0.15) is 11.5 Å². The number of alkyl halides is 3. The Morgan fingerprint density at radius 1 is 1.28 bits per heavy atom. The number of rotatable bonds is 3. The Morgan fingerprint density at radius 3 is 2.61 bits per heavy atom. The van der Waals surface area contributed by atoms with E-state index in [1.807, 2.05) is 0 Å². The summed E-state index contributed by atoms with van der Waals surface area (Å²) in [5.41, 5.74) is -0.612. The second kappa shape index (κ2) is 4.73. The minimum Gasteiger partial charge on any atom is -0.418 e. The maximum absolute atomic E-state index is 12.3. The molecule has 0 aromatic carbocycles. The molecule has 0 unspecified atom stereocenters. The van der Waals surface area contributed by atoms with E-state index in [2.05, 4.69) is 20.5 Å². The molecule has 2 aromatic heterocycles. The van der Waals surface area contributed by atoms with Crippen LogP contribution in [0.4, 0.5) is 13.2 Å². The molecule has 0 amide bonds. The lowest BCUT2D eigenvalue weighted by Crippen LogP contribution is -2.05. The molecule has 0 saturated carbocycles. The zero-order chi connectivity index (χ0) is 13.2. The highest BCUT2D eigenvalue weighted by atomic mass is 19.4. The summed E-state index contributed by atoms with van der Waals surface area (Å²) < 4.78 is 42.2. The largest absolute Gasteiger partial charge is 0.418 e. The second-order valence-electron chi connectivity index (χ2n) is 3.46. The van der Waals surface area contributed by atoms with Crippen molar-refractivity contribution in [1.29, 1.82) is 0 Å². The Labute approximate surface area is 100 Å². The third-order valence-corrected chi connectivity index (χ3v) is 2.10. The van der Waals surface area contributed by atoms with Gasteiger partial charge in [0.15, 0.2) is 0 Å². The topological polar surface area (TPSA) is 63.8 Å². The van der Waals surface area contributed by atoms with Crippen molar-refractivity contribution in [3.8, 4) is 11.6 Å². The number of aromatic nitrogens is 3. The zero-order valence-corrected chi connectivity index (χ0v) is 9.32. The molecule has 5 nitrogen and oxygen atoms in total. The molecule has 2 rings (SSSR count). The van der Waals surface area contributed by atoms with Crippen LogP contribution in [0.2, 0.25) is 0 Å². The molecule has 8 heteroatoms. The van der Waals surface area contributed by atoms with Crippen LogP contribution in [0, 0.1) is 0 Å². The van der Waals surface area contributed by atoms with Gasteiger partial charge in [-0.2, -0.15) is 13.2 Å². The van der Waals surface area contributed by atoms with Gasteiger partial charge in [-0.1, -0.05) is 0 Å². The van der Waals surface area contributed by atoms with Gasteiger partial charge in [0.05, 0.1) is 12.1 Å². The molecule has 0 aliphatic heterocycles. The first-order chi connectivity index (χ1) is 8.50. The number of halogens is 3.